The molecule has 1 saturated heterocycles. The van der Waals surface area contributed by atoms with Crippen LogP contribution in [0.2, 0.25) is 0 Å². The van der Waals surface area contributed by atoms with Gasteiger partial charge in [0.2, 0.25) is 11.8 Å². The number of amides is 2. The van der Waals surface area contributed by atoms with E-state index >= 15 is 0 Å². The summed E-state index contributed by atoms with van der Waals surface area (Å²) in [6, 6.07) is -0.687. The quantitative estimate of drug-likeness (QED) is 0.558. The van der Waals surface area contributed by atoms with Gasteiger partial charge >= 0.3 is 0 Å². The Labute approximate surface area is 77.1 Å². The predicted molar refractivity (Wildman–Crippen MR) is 47.6 cm³/mol. The molecule has 4 heteroatoms. The molecule has 4 nitrogen and oxygen atoms in total. The van der Waals surface area contributed by atoms with Gasteiger partial charge in [-0.15, -0.1) is 6.42 Å². The minimum Gasteiger partial charge on any atom is -0.344 e. The van der Waals surface area contributed by atoms with E-state index in [2.05, 4.69) is 16.6 Å². The number of carbonyl (C=O) groups excluding carboxylic acids is 2. The highest BCUT2D eigenvalue weighted by Crippen LogP contribution is 2.06. The zero-order chi connectivity index (χ0) is 9.84. The van der Waals surface area contributed by atoms with Gasteiger partial charge in [-0.2, -0.15) is 0 Å². The second-order valence-electron chi connectivity index (χ2n) is 3.06. The first-order valence-corrected chi connectivity index (χ1v) is 4.19. The monoisotopic (exact) mass is 180 g/mol. The van der Waals surface area contributed by atoms with Crippen molar-refractivity contribution in [3.8, 4) is 12.3 Å². The molecule has 0 aromatic heterocycles. The summed E-state index contributed by atoms with van der Waals surface area (Å²) in [6.07, 6.45) is 6.07. The maximum absolute atomic E-state index is 11.3. The van der Waals surface area contributed by atoms with Gasteiger partial charge in [-0.25, -0.2) is 0 Å². The first kappa shape index (κ1) is 9.59. The first-order chi connectivity index (χ1) is 6.13. The van der Waals surface area contributed by atoms with Crippen LogP contribution in [0.25, 0.3) is 0 Å². The molecule has 0 aliphatic carbocycles. The van der Waals surface area contributed by atoms with Crippen molar-refractivity contribution in [2.75, 3.05) is 0 Å². The molecule has 0 aromatic rings. The van der Waals surface area contributed by atoms with Gasteiger partial charge in [0.1, 0.15) is 6.04 Å². The summed E-state index contributed by atoms with van der Waals surface area (Å²) in [6.45, 7) is 1.72. The first-order valence-electron chi connectivity index (χ1n) is 4.19. The van der Waals surface area contributed by atoms with Crippen LogP contribution in [0.15, 0.2) is 0 Å². The molecular weight excluding hydrogens is 168 g/mol. The van der Waals surface area contributed by atoms with Crippen LogP contribution in [-0.2, 0) is 9.59 Å². The molecule has 0 aromatic carbocycles. The molecule has 1 aliphatic heterocycles. The predicted octanol–water partition coefficient (Wildman–Crippen LogP) is -0.597. The smallest absolute Gasteiger partial charge is 0.243 e. The topological polar surface area (TPSA) is 58.2 Å². The van der Waals surface area contributed by atoms with Gasteiger partial charge in [-0.05, 0) is 13.3 Å². The number of hydrogen-bond acceptors (Lipinski definition) is 2. The second-order valence-corrected chi connectivity index (χ2v) is 3.06. The number of hydrogen-bond donors (Lipinski definition) is 2. The third kappa shape index (κ3) is 2.48. The van der Waals surface area contributed by atoms with Crippen molar-refractivity contribution < 1.29 is 9.59 Å². The van der Waals surface area contributed by atoms with Crippen LogP contribution in [0.1, 0.15) is 19.8 Å². The molecule has 1 rings (SSSR count). The van der Waals surface area contributed by atoms with E-state index in [-0.39, 0.29) is 17.9 Å². The maximum Gasteiger partial charge on any atom is 0.243 e. The van der Waals surface area contributed by atoms with Crippen molar-refractivity contribution >= 4 is 11.8 Å². The molecular formula is C9H12N2O2. The van der Waals surface area contributed by atoms with Gasteiger partial charge in [0, 0.05) is 6.42 Å². The Balaban J connectivity index is 2.41. The van der Waals surface area contributed by atoms with Gasteiger partial charge in [-0.3, -0.25) is 9.59 Å². The van der Waals surface area contributed by atoms with Crippen molar-refractivity contribution in [3.63, 3.8) is 0 Å². The van der Waals surface area contributed by atoms with Gasteiger partial charge in [0.25, 0.3) is 0 Å². The van der Waals surface area contributed by atoms with Crippen LogP contribution in [0.3, 0.4) is 0 Å². The number of nitrogens with one attached hydrogen (secondary N) is 2. The molecule has 0 radical (unpaired) electrons. The molecule has 2 atom stereocenters. The third-order valence-electron chi connectivity index (χ3n) is 1.92. The average Bonchev–Trinajstić information content (AvgIpc) is 2.51. The summed E-state index contributed by atoms with van der Waals surface area (Å²) in [5.74, 6) is 2.11. The van der Waals surface area contributed by atoms with E-state index in [1.54, 1.807) is 6.92 Å². The highest BCUT2D eigenvalue weighted by atomic mass is 16.2. The van der Waals surface area contributed by atoms with Gasteiger partial charge < -0.3 is 10.6 Å². The summed E-state index contributed by atoms with van der Waals surface area (Å²) in [4.78, 5) is 22.1. The summed E-state index contributed by atoms with van der Waals surface area (Å²) >= 11 is 0. The standard InChI is InChI=1S/C9H12N2O2/c1-3-6(2)10-9(13)7-4-5-8(12)11-7/h1,6-7H,4-5H2,2H3,(H,10,13)(H,11,12). The fourth-order valence-electron chi connectivity index (χ4n) is 1.17. The Hall–Kier alpha value is -1.50. The van der Waals surface area contributed by atoms with Gasteiger partial charge in [-0.1, -0.05) is 5.92 Å². The van der Waals surface area contributed by atoms with Crippen LogP contribution in [0.5, 0.6) is 0 Å². The molecule has 0 saturated carbocycles. The second kappa shape index (κ2) is 3.94. The SMILES string of the molecule is C#CC(C)NC(=O)C1CCC(=O)N1. The molecule has 1 fully saturated rings. The van der Waals surface area contributed by atoms with E-state index < -0.39 is 6.04 Å². The van der Waals surface area contributed by atoms with Crippen LogP contribution in [0, 0.1) is 12.3 Å². The fourth-order valence-corrected chi connectivity index (χ4v) is 1.17. The zero-order valence-corrected chi connectivity index (χ0v) is 7.46. The Morgan fingerprint density at radius 1 is 1.85 bits per heavy atom. The van der Waals surface area contributed by atoms with Crippen molar-refractivity contribution in [1.82, 2.24) is 10.6 Å². The van der Waals surface area contributed by atoms with E-state index in [1.165, 1.54) is 0 Å². The average molecular weight is 180 g/mol. The molecule has 1 heterocycles. The lowest BCUT2D eigenvalue weighted by Gasteiger charge is -2.12. The van der Waals surface area contributed by atoms with E-state index in [1.807, 2.05) is 0 Å². The molecule has 2 amide bonds. The lowest BCUT2D eigenvalue weighted by atomic mass is 10.2. The Bertz CT molecular complexity index is 267. The van der Waals surface area contributed by atoms with E-state index in [4.69, 9.17) is 6.42 Å². The highest BCUT2D eigenvalue weighted by molar-refractivity contribution is 5.91. The fraction of sp³-hybridized carbons (Fsp3) is 0.556. The number of carbonyl (C=O) groups is 2. The molecule has 1 aliphatic rings. The van der Waals surface area contributed by atoms with Crippen LogP contribution in [0.4, 0.5) is 0 Å². The minimum absolute atomic E-state index is 0.0755. The third-order valence-corrected chi connectivity index (χ3v) is 1.92. The van der Waals surface area contributed by atoms with Crippen molar-refractivity contribution in [2.24, 2.45) is 0 Å². The summed E-state index contributed by atoms with van der Waals surface area (Å²) in [5, 5.41) is 5.17. The molecule has 2 N–H and O–H groups in total. The van der Waals surface area contributed by atoms with E-state index in [9.17, 15) is 9.59 Å². The molecule has 0 spiro atoms. The van der Waals surface area contributed by atoms with Crippen LogP contribution < -0.4 is 10.6 Å². The van der Waals surface area contributed by atoms with Crippen LogP contribution in [-0.4, -0.2) is 23.9 Å². The van der Waals surface area contributed by atoms with Crippen molar-refractivity contribution in [2.45, 2.75) is 31.8 Å². The molecule has 70 valence electrons. The van der Waals surface area contributed by atoms with Crippen LogP contribution >= 0.6 is 0 Å². The zero-order valence-electron chi connectivity index (χ0n) is 7.46. The molecule has 13 heavy (non-hydrogen) atoms. The van der Waals surface area contributed by atoms with Crippen molar-refractivity contribution in [3.05, 3.63) is 0 Å². The largest absolute Gasteiger partial charge is 0.344 e. The van der Waals surface area contributed by atoms with Gasteiger partial charge in [0.15, 0.2) is 0 Å². The highest BCUT2D eigenvalue weighted by Gasteiger charge is 2.27. The number of rotatable bonds is 2. The molecule has 0 bridgehead atoms. The summed E-state index contributed by atoms with van der Waals surface area (Å²) < 4.78 is 0. The lowest BCUT2D eigenvalue weighted by molar-refractivity contribution is -0.125. The van der Waals surface area contributed by atoms with E-state index in [0.717, 1.165) is 0 Å². The Kier molecular flexibility index (Phi) is 2.91. The maximum atomic E-state index is 11.3. The van der Waals surface area contributed by atoms with Gasteiger partial charge in [0.05, 0.1) is 6.04 Å². The molecule has 2 unspecified atom stereocenters. The Morgan fingerprint density at radius 3 is 3.00 bits per heavy atom. The summed E-state index contributed by atoms with van der Waals surface area (Å²) in [7, 11) is 0. The lowest BCUT2D eigenvalue weighted by Crippen LogP contribution is -2.44. The summed E-state index contributed by atoms with van der Waals surface area (Å²) in [5.41, 5.74) is 0. The van der Waals surface area contributed by atoms with Crippen molar-refractivity contribution in [1.29, 1.82) is 0 Å². The van der Waals surface area contributed by atoms with E-state index in [0.29, 0.717) is 12.8 Å². The normalized spacial score (nSPS) is 23.1. The number of terminal acetylenes is 1. The Morgan fingerprint density at radius 2 is 2.54 bits per heavy atom. The minimum atomic E-state index is -0.400.